The lowest BCUT2D eigenvalue weighted by molar-refractivity contribution is -0.112. The molecule has 13 nitrogen and oxygen atoms in total. The number of imidazole rings is 2. The highest BCUT2D eigenvalue weighted by molar-refractivity contribution is 7.84. The number of unbranched alkanes of at least 4 members (excludes halogenated alkanes) is 2. The Morgan fingerprint density at radius 3 is 1.49 bits per heavy atom. The fraction of sp³-hybridized carbons (Fsp3) is 0.238. The minimum Gasteiger partial charge on any atom is -0.494 e. The van der Waals surface area contributed by atoms with Crippen molar-refractivity contribution in [2.75, 3.05) is 37.1 Å². The number of anilines is 2. The molecule has 0 aliphatic heterocycles. The molecule has 0 spiro atoms. The van der Waals surface area contributed by atoms with Gasteiger partial charge in [0.05, 0.1) is 70.4 Å². The van der Waals surface area contributed by atoms with Crippen LogP contribution in [0.4, 0.5) is 11.4 Å². The molecule has 2 aromatic heterocycles. The van der Waals surface area contributed by atoms with Crippen LogP contribution in [0.15, 0.2) is 193 Å². The molecule has 2 heterocycles. The Morgan fingerprint density at radius 1 is 0.513 bits per heavy atom. The van der Waals surface area contributed by atoms with Gasteiger partial charge >= 0.3 is 0 Å². The standard InChI is InChI=1S/C63H66N6O7S2/c1-3-5-36-74-38-39-76-59-26-18-51(19-27-59)53-13-9-11-49(41-53)15-33-63(71)67-55-22-30-61(31-23-55)78(73)45-57-43-65-47-69(57)35-6-7-37-75-58-24-16-50(17-25-58)52-12-8-10-48(40-52)14-32-62(70)66-54-20-28-60(29-21-54)77(72)44-56-42-64-46-68(56)34-4-2/h8-33,40-43,46-47H,3-7,34-39,44-45H2,1-2H3,(H,66,70)(H,67,71)/b32-14+,33-15+. The maximum atomic E-state index is 13.4. The van der Waals surface area contributed by atoms with Crippen LogP contribution in [0.1, 0.15) is 68.5 Å². The number of hydrogen-bond acceptors (Lipinski definition) is 9. The summed E-state index contributed by atoms with van der Waals surface area (Å²) >= 11 is 0. The Bertz CT molecular complexity index is 3300. The molecule has 2 N–H and O–H groups in total. The molecule has 0 bridgehead atoms. The number of carbonyl (C=O) groups is 2. The monoisotopic (exact) mass is 1080 g/mol. The SMILES string of the molecule is CCCCOCCOc1ccc(-c2cccc(/C=C/C(=O)Nc3ccc(S(=O)Cc4cncn4CCCCOc4ccc(-c5cccc(/C=C/C(=O)Nc6ccc(S(=O)Cc7cncn7CCC)cc6)c5)cc4)cc3)c2)cc1. The zero-order valence-electron chi connectivity index (χ0n) is 44.1. The van der Waals surface area contributed by atoms with E-state index in [2.05, 4.69) is 34.4 Å². The van der Waals surface area contributed by atoms with Gasteiger partial charge in [0.25, 0.3) is 0 Å². The number of carbonyl (C=O) groups excluding carboxylic acids is 2. The van der Waals surface area contributed by atoms with E-state index in [-0.39, 0.29) is 11.8 Å². The number of ether oxygens (including phenoxy) is 3. The van der Waals surface area contributed by atoms with E-state index in [9.17, 15) is 18.0 Å². The summed E-state index contributed by atoms with van der Waals surface area (Å²) in [5.41, 5.74) is 8.92. The Hall–Kier alpha value is -7.98. The van der Waals surface area contributed by atoms with Crippen LogP contribution in [-0.2, 0) is 60.5 Å². The largest absolute Gasteiger partial charge is 0.494 e. The van der Waals surface area contributed by atoms with Crippen LogP contribution in [-0.4, -0.2) is 65.8 Å². The van der Waals surface area contributed by atoms with Crippen LogP contribution >= 0.6 is 0 Å². The Labute approximate surface area is 462 Å². The van der Waals surface area contributed by atoms with Crippen molar-refractivity contribution in [3.63, 3.8) is 0 Å². The molecule has 0 saturated heterocycles. The third kappa shape index (κ3) is 17.3. The Kier molecular flexibility index (Phi) is 21.3. The summed E-state index contributed by atoms with van der Waals surface area (Å²) in [5.74, 6) is 1.73. The molecular formula is C63H66N6O7S2. The zero-order valence-corrected chi connectivity index (χ0v) is 45.8. The van der Waals surface area contributed by atoms with Gasteiger partial charge in [-0.15, -0.1) is 0 Å². The normalized spacial score (nSPS) is 12.2. The molecule has 0 aliphatic rings. The van der Waals surface area contributed by atoms with E-state index in [1.54, 1.807) is 85.7 Å². The summed E-state index contributed by atoms with van der Waals surface area (Å²) in [6.07, 6.45) is 18.4. The second-order valence-corrected chi connectivity index (χ2v) is 21.4. The zero-order chi connectivity index (χ0) is 54.3. The van der Waals surface area contributed by atoms with Gasteiger partial charge in [0.2, 0.25) is 11.8 Å². The van der Waals surface area contributed by atoms with Crippen LogP contribution in [0.25, 0.3) is 34.4 Å². The molecule has 0 saturated carbocycles. The van der Waals surface area contributed by atoms with Crippen LogP contribution in [0, 0.1) is 0 Å². The molecule has 2 unspecified atom stereocenters. The molecule has 2 amide bonds. The number of hydrogen-bond donors (Lipinski definition) is 2. The number of benzene rings is 6. The van der Waals surface area contributed by atoms with Gasteiger partial charge in [-0.25, -0.2) is 9.97 Å². The molecule has 78 heavy (non-hydrogen) atoms. The fourth-order valence-corrected chi connectivity index (χ4v) is 10.6. The van der Waals surface area contributed by atoms with Crippen molar-refractivity contribution >= 4 is 56.9 Å². The molecule has 8 aromatic rings. The summed E-state index contributed by atoms with van der Waals surface area (Å²) in [6.45, 7) is 8.17. The van der Waals surface area contributed by atoms with Crippen molar-refractivity contribution in [1.29, 1.82) is 0 Å². The molecule has 0 aliphatic carbocycles. The van der Waals surface area contributed by atoms with Gasteiger partial charge in [-0.2, -0.15) is 0 Å². The highest BCUT2D eigenvalue weighted by Crippen LogP contribution is 2.26. The molecular weight excluding hydrogens is 1020 g/mol. The maximum Gasteiger partial charge on any atom is 0.248 e. The van der Waals surface area contributed by atoms with Gasteiger partial charge in [-0.05, 0) is 156 Å². The van der Waals surface area contributed by atoms with E-state index < -0.39 is 21.6 Å². The molecule has 0 radical (unpaired) electrons. The first kappa shape index (κ1) is 56.2. The summed E-state index contributed by atoms with van der Waals surface area (Å²) in [7, 11) is -2.55. The second kappa shape index (κ2) is 29.5. The summed E-state index contributed by atoms with van der Waals surface area (Å²) in [6, 6.07) is 46.0. The smallest absolute Gasteiger partial charge is 0.248 e. The summed E-state index contributed by atoms with van der Waals surface area (Å²) in [5, 5.41) is 5.79. The maximum absolute atomic E-state index is 13.4. The van der Waals surface area contributed by atoms with Crippen molar-refractivity contribution in [3.8, 4) is 33.8 Å². The Morgan fingerprint density at radius 2 is 1.00 bits per heavy atom. The number of nitrogens with one attached hydrogen (secondary N) is 2. The highest BCUT2D eigenvalue weighted by atomic mass is 32.2. The molecule has 15 heteroatoms. The molecule has 402 valence electrons. The van der Waals surface area contributed by atoms with Crippen molar-refractivity contribution in [2.24, 2.45) is 0 Å². The predicted molar refractivity (Wildman–Crippen MR) is 313 cm³/mol. The number of aromatic nitrogens is 4. The average molecular weight is 1080 g/mol. The van der Waals surface area contributed by atoms with Crippen molar-refractivity contribution in [1.82, 2.24) is 19.1 Å². The fourth-order valence-electron chi connectivity index (χ4n) is 8.38. The lowest BCUT2D eigenvalue weighted by Crippen LogP contribution is -2.08. The summed E-state index contributed by atoms with van der Waals surface area (Å²) in [4.78, 5) is 35.6. The predicted octanol–water partition coefficient (Wildman–Crippen LogP) is 12.8. The van der Waals surface area contributed by atoms with E-state index >= 15 is 0 Å². The van der Waals surface area contributed by atoms with E-state index in [4.69, 9.17) is 14.2 Å². The first-order chi connectivity index (χ1) is 38.2. The third-order valence-electron chi connectivity index (χ3n) is 12.6. The molecule has 6 aromatic carbocycles. The van der Waals surface area contributed by atoms with Crippen LogP contribution in [0.3, 0.4) is 0 Å². The molecule has 0 fully saturated rings. The minimum atomic E-state index is -1.32. The topological polar surface area (TPSA) is 156 Å². The quantitative estimate of drug-likeness (QED) is 0.0344. The van der Waals surface area contributed by atoms with Gasteiger partial charge in [0.1, 0.15) is 18.1 Å². The van der Waals surface area contributed by atoms with Crippen LogP contribution < -0.4 is 20.1 Å². The van der Waals surface area contributed by atoms with E-state index in [1.807, 2.05) is 106 Å². The number of aryl methyl sites for hydroxylation is 2. The molecule has 8 rings (SSSR count). The van der Waals surface area contributed by atoms with Gasteiger partial charge in [0, 0.05) is 65.4 Å². The van der Waals surface area contributed by atoms with Gasteiger partial charge in [-0.1, -0.05) is 80.9 Å². The number of rotatable bonds is 29. The van der Waals surface area contributed by atoms with Crippen LogP contribution in [0.5, 0.6) is 11.5 Å². The van der Waals surface area contributed by atoms with E-state index in [0.717, 1.165) is 102 Å². The van der Waals surface area contributed by atoms with E-state index in [0.29, 0.717) is 59.0 Å². The minimum absolute atomic E-state index is 0.266. The van der Waals surface area contributed by atoms with Gasteiger partial charge in [0.15, 0.2) is 0 Å². The second-order valence-electron chi connectivity index (χ2n) is 18.5. The lowest BCUT2D eigenvalue weighted by Gasteiger charge is -2.10. The Balaban J connectivity index is 0.723. The summed E-state index contributed by atoms with van der Waals surface area (Å²) < 4.78 is 48.0. The van der Waals surface area contributed by atoms with Crippen molar-refractivity contribution in [2.45, 2.75) is 80.3 Å². The first-order valence-corrected chi connectivity index (χ1v) is 29.0. The van der Waals surface area contributed by atoms with Gasteiger partial charge in [-0.3, -0.25) is 18.0 Å². The van der Waals surface area contributed by atoms with E-state index in [1.165, 1.54) is 12.2 Å². The lowest BCUT2D eigenvalue weighted by atomic mass is 10.0. The third-order valence-corrected chi connectivity index (χ3v) is 15.3. The highest BCUT2D eigenvalue weighted by Gasteiger charge is 2.13. The first-order valence-electron chi connectivity index (χ1n) is 26.4. The van der Waals surface area contributed by atoms with Crippen molar-refractivity contribution < 1.29 is 32.2 Å². The average Bonchev–Trinajstić information content (AvgIpc) is 4.12. The molecule has 2 atom stereocenters. The number of nitrogens with zero attached hydrogens (tertiary/aromatic N) is 4. The number of amides is 2. The van der Waals surface area contributed by atoms with Crippen molar-refractivity contribution in [3.05, 3.63) is 205 Å². The van der Waals surface area contributed by atoms with Crippen LogP contribution in [0.2, 0.25) is 0 Å². The van der Waals surface area contributed by atoms with Gasteiger partial charge < -0.3 is 34.0 Å².